The number of halogens is 2. The predicted octanol–water partition coefficient (Wildman–Crippen LogP) is 3.66. The second-order valence-corrected chi connectivity index (χ2v) is 6.02. The van der Waals surface area contributed by atoms with Crippen molar-refractivity contribution in [3.8, 4) is 0 Å². The highest BCUT2D eigenvalue weighted by Crippen LogP contribution is 2.54. The van der Waals surface area contributed by atoms with Crippen LogP contribution in [0.25, 0.3) is 0 Å². The van der Waals surface area contributed by atoms with Crippen molar-refractivity contribution in [1.29, 1.82) is 0 Å². The van der Waals surface area contributed by atoms with Crippen LogP contribution in [0, 0.1) is 17.2 Å². The molecule has 3 heteroatoms. The molecule has 0 bridgehead atoms. The summed E-state index contributed by atoms with van der Waals surface area (Å²) in [7, 11) is 1.95. The second kappa shape index (κ2) is 4.58. The maximum absolute atomic E-state index is 13.8. The minimum Gasteiger partial charge on any atom is -0.316 e. The number of likely N-dealkylation sites (N-methyl/N-ethyl adjacent to an activating group) is 1. The van der Waals surface area contributed by atoms with Gasteiger partial charge >= 0.3 is 0 Å². The Bertz CT molecular complexity index is 417. The van der Waals surface area contributed by atoms with Crippen LogP contribution < -0.4 is 5.32 Å². The molecular weight excluding hydrogens is 237 g/mol. The third-order valence-electron chi connectivity index (χ3n) is 3.92. The fourth-order valence-corrected chi connectivity index (χ4v) is 2.78. The van der Waals surface area contributed by atoms with Crippen LogP contribution in [0.1, 0.15) is 25.8 Å². The molecular formula is C14H19ClFN. The Kier molecular flexibility index (Phi) is 3.46. The molecule has 1 aliphatic rings. The van der Waals surface area contributed by atoms with Gasteiger partial charge in [0.15, 0.2) is 0 Å². The van der Waals surface area contributed by atoms with Crippen molar-refractivity contribution < 1.29 is 4.39 Å². The minimum absolute atomic E-state index is 0.215. The molecule has 1 aliphatic carbocycles. The molecule has 0 spiro atoms. The molecule has 0 saturated heterocycles. The van der Waals surface area contributed by atoms with Crippen LogP contribution in [0.2, 0.25) is 5.02 Å². The highest BCUT2D eigenvalue weighted by molar-refractivity contribution is 6.30. The Morgan fingerprint density at radius 3 is 2.71 bits per heavy atom. The fourth-order valence-electron chi connectivity index (χ4n) is 2.58. The number of nitrogens with one attached hydrogen (secondary N) is 1. The third kappa shape index (κ3) is 2.63. The summed E-state index contributed by atoms with van der Waals surface area (Å²) in [4.78, 5) is 0. The summed E-state index contributed by atoms with van der Waals surface area (Å²) in [6.45, 7) is 4.52. The first-order valence-corrected chi connectivity index (χ1v) is 6.43. The van der Waals surface area contributed by atoms with Crippen LogP contribution in [0.4, 0.5) is 4.39 Å². The first-order chi connectivity index (χ1) is 7.95. The Labute approximate surface area is 107 Å². The summed E-state index contributed by atoms with van der Waals surface area (Å²) in [5, 5.41) is 3.52. The van der Waals surface area contributed by atoms with E-state index in [2.05, 4.69) is 19.2 Å². The fraction of sp³-hybridized carbons (Fsp3) is 0.571. The Morgan fingerprint density at radius 1 is 1.53 bits per heavy atom. The summed E-state index contributed by atoms with van der Waals surface area (Å²) in [5.41, 5.74) is 1.10. The van der Waals surface area contributed by atoms with Crippen LogP contribution in [-0.4, -0.2) is 13.1 Å². The lowest BCUT2D eigenvalue weighted by atomic mass is 9.97. The zero-order valence-corrected chi connectivity index (χ0v) is 11.3. The van der Waals surface area contributed by atoms with E-state index in [9.17, 15) is 4.39 Å². The average Bonchev–Trinajstić information content (AvgIpc) is 2.90. The molecule has 0 heterocycles. The van der Waals surface area contributed by atoms with E-state index in [-0.39, 0.29) is 10.8 Å². The minimum atomic E-state index is -0.270. The third-order valence-corrected chi connectivity index (χ3v) is 4.21. The van der Waals surface area contributed by atoms with E-state index in [1.165, 1.54) is 6.42 Å². The maximum atomic E-state index is 13.8. The number of hydrogen-bond donors (Lipinski definition) is 1. The Hall–Kier alpha value is -0.600. The number of benzene rings is 1. The van der Waals surface area contributed by atoms with Gasteiger partial charge in [0, 0.05) is 6.04 Å². The first kappa shape index (κ1) is 12.8. The van der Waals surface area contributed by atoms with E-state index in [4.69, 9.17) is 11.6 Å². The summed E-state index contributed by atoms with van der Waals surface area (Å²) in [6.07, 6.45) is 1.91. The van der Waals surface area contributed by atoms with Gasteiger partial charge in [-0.3, -0.25) is 0 Å². The van der Waals surface area contributed by atoms with Gasteiger partial charge in [-0.05, 0) is 42.9 Å². The lowest BCUT2D eigenvalue weighted by Gasteiger charge is -2.18. The van der Waals surface area contributed by atoms with Gasteiger partial charge in [-0.1, -0.05) is 37.6 Å². The van der Waals surface area contributed by atoms with Gasteiger partial charge < -0.3 is 5.32 Å². The van der Waals surface area contributed by atoms with Crippen LogP contribution in [0.15, 0.2) is 18.2 Å². The predicted molar refractivity (Wildman–Crippen MR) is 69.8 cm³/mol. The van der Waals surface area contributed by atoms with Gasteiger partial charge in [0.25, 0.3) is 0 Å². The van der Waals surface area contributed by atoms with E-state index >= 15 is 0 Å². The second-order valence-electron chi connectivity index (χ2n) is 5.61. The van der Waals surface area contributed by atoms with Gasteiger partial charge in [-0.15, -0.1) is 0 Å². The molecule has 2 unspecified atom stereocenters. The number of hydrogen-bond acceptors (Lipinski definition) is 1. The molecule has 2 atom stereocenters. The summed E-state index contributed by atoms with van der Waals surface area (Å²) in [6, 6.07) is 5.56. The van der Waals surface area contributed by atoms with E-state index in [1.54, 1.807) is 6.07 Å². The van der Waals surface area contributed by atoms with Crippen molar-refractivity contribution in [2.24, 2.45) is 11.3 Å². The van der Waals surface area contributed by atoms with Crippen LogP contribution >= 0.6 is 11.6 Å². The molecule has 1 N–H and O–H groups in total. The zero-order valence-electron chi connectivity index (χ0n) is 10.6. The monoisotopic (exact) mass is 255 g/mol. The number of rotatable bonds is 4. The van der Waals surface area contributed by atoms with Crippen LogP contribution in [-0.2, 0) is 6.42 Å². The SMILES string of the molecule is CNC(Cc1cccc(Cl)c1F)C1CC1(C)C. The molecule has 0 radical (unpaired) electrons. The Morgan fingerprint density at radius 2 is 2.18 bits per heavy atom. The highest BCUT2D eigenvalue weighted by Gasteiger charge is 2.49. The lowest BCUT2D eigenvalue weighted by Crippen LogP contribution is -2.31. The molecule has 2 rings (SSSR count). The van der Waals surface area contributed by atoms with Crippen molar-refractivity contribution in [3.05, 3.63) is 34.6 Å². The largest absolute Gasteiger partial charge is 0.316 e. The van der Waals surface area contributed by atoms with Crippen molar-refractivity contribution in [2.75, 3.05) is 7.05 Å². The van der Waals surface area contributed by atoms with E-state index in [0.717, 1.165) is 0 Å². The van der Waals surface area contributed by atoms with Crippen LogP contribution in [0.3, 0.4) is 0 Å². The van der Waals surface area contributed by atoms with Gasteiger partial charge in [-0.2, -0.15) is 0 Å². The van der Waals surface area contributed by atoms with Gasteiger partial charge in [-0.25, -0.2) is 4.39 Å². The van der Waals surface area contributed by atoms with E-state index in [0.29, 0.717) is 29.4 Å². The van der Waals surface area contributed by atoms with Gasteiger partial charge in [0.05, 0.1) is 5.02 Å². The zero-order chi connectivity index (χ0) is 12.6. The molecule has 17 heavy (non-hydrogen) atoms. The molecule has 0 amide bonds. The molecule has 0 aliphatic heterocycles. The smallest absolute Gasteiger partial charge is 0.145 e. The van der Waals surface area contributed by atoms with Gasteiger partial charge in [0.1, 0.15) is 5.82 Å². The highest BCUT2D eigenvalue weighted by atomic mass is 35.5. The molecule has 1 aromatic carbocycles. The summed E-state index contributed by atoms with van der Waals surface area (Å²) in [5.74, 6) is 0.360. The van der Waals surface area contributed by atoms with Crippen LogP contribution in [0.5, 0.6) is 0 Å². The molecule has 0 aromatic heterocycles. The molecule has 94 valence electrons. The normalized spacial score (nSPS) is 23.5. The standard InChI is InChI=1S/C14H19ClFN/c1-14(2)8-10(14)12(17-3)7-9-5-4-6-11(15)13(9)16/h4-6,10,12,17H,7-8H2,1-3H3. The first-order valence-electron chi connectivity index (χ1n) is 6.06. The molecule has 1 aromatic rings. The maximum Gasteiger partial charge on any atom is 0.145 e. The summed E-state index contributed by atoms with van der Waals surface area (Å²) < 4.78 is 13.8. The van der Waals surface area contributed by atoms with Gasteiger partial charge in [0.2, 0.25) is 0 Å². The molecule has 1 saturated carbocycles. The van der Waals surface area contributed by atoms with Crippen molar-refractivity contribution >= 4 is 11.6 Å². The van der Waals surface area contributed by atoms with Crippen molar-refractivity contribution in [2.45, 2.75) is 32.7 Å². The molecule has 1 nitrogen and oxygen atoms in total. The molecule has 1 fully saturated rings. The summed E-state index contributed by atoms with van der Waals surface area (Å²) >= 11 is 5.80. The lowest BCUT2D eigenvalue weighted by molar-refractivity contribution is 0.420. The Balaban J connectivity index is 2.11. The quantitative estimate of drug-likeness (QED) is 0.866. The average molecular weight is 256 g/mol. The van der Waals surface area contributed by atoms with Crippen molar-refractivity contribution in [1.82, 2.24) is 5.32 Å². The van der Waals surface area contributed by atoms with Crippen molar-refractivity contribution in [3.63, 3.8) is 0 Å². The van der Waals surface area contributed by atoms with E-state index in [1.807, 2.05) is 19.2 Å². The topological polar surface area (TPSA) is 12.0 Å². The van der Waals surface area contributed by atoms with E-state index < -0.39 is 0 Å².